The molecule has 6 nitrogen and oxygen atoms in total. The zero-order valence-corrected chi connectivity index (χ0v) is 13.1. The van der Waals surface area contributed by atoms with E-state index in [9.17, 15) is 13.2 Å². The van der Waals surface area contributed by atoms with Gasteiger partial charge in [-0.15, -0.1) is 0 Å². The van der Waals surface area contributed by atoms with Crippen LogP contribution in [-0.2, 0) is 14.8 Å². The van der Waals surface area contributed by atoms with Crippen molar-refractivity contribution in [2.45, 2.75) is 11.8 Å². The van der Waals surface area contributed by atoms with Crippen LogP contribution in [-0.4, -0.2) is 46.4 Å². The number of hydrogen-bond donors (Lipinski definition) is 2. The number of hydrogen-bond acceptors (Lipinski definition) is 4. The number of aryl methyl sites for hydroxylation is 1. The minimum Gasteiger partial charge on any atom is -0.348 e. The second-order valence-corrected chi connectivity index (χ2v) is 6.33. The Morgan fingerprint density at radius 1 is 1.38 bits per heavy atom. The van der Waals surface area contributed by atoms with E-state index in [2.05, 4.69) is 16.6 Å². The maximum absolute atomic E-state index is 12.3. The van der Waals surface area contributed by atoms with Crippen LogP contribution in [0.15, 0.2) is 23.1 Å². The third-order valence-electron chi connectivity index (χ3n) is 2.72. The highest BCUT2D eigenvalue weighted by atomic mass is 32.2. The summed E-state index contributed by atoms with van der Waals surface area (Å²) in [5.41, 5.74) is 6.44. The van der Waals surface area contributed by atoms with Crippen LogP contribution in [0.3, 0.4) is 0 Å². The van der Waals surface area contributed by atoms with Gasteiger partial charge in [-0.2, -0.15) is 0 Å². The van der Waals surface area contributed by atoms with Crippen molar-refractivity contribution in [3.63, 3.8) is 0 Å². The van der Waals surface area contributed by atoms with Crippen molar-refractivity contribution in [1.82, 2.24) is 9.62 Å². The van der Waals surface area contributed by atoms with Gasteiger partial charge in [0.25, 0.3) is 0 Å². The molecule has 21 heavy (non-hydrogen) atoms. The summed E-state index contributed by atoms with van der Waals surface area (Å²) < 4.78 is 26.8. The van der Waals surface area contributed by atoms with E-state index in [4.69, 9.17) is 5.73 Å². The van der Waals surface area contributed by atoms with E-state index in [-0.39, 0.29) is 23.9 Å². The van der Waals surface area contributed by atoms with Gasteiger partial charge in [0, 0.05) is 19.7 Å². The van der Waals surface area contributed by atoms with Gasteiger partial charge in [-0.1, -0.05) is 17.9 Å². The number of nitrogens with zero attached hydrogens (tertiary/aromatic N) is 1. The Morgan fingerprint density at radius 3 is 2.62 bits per heavy atom. The molecule has 0 aliphatic heterocycles. The number of nitrogens with two attached hydrogens (primary N) is 1. The Morgan fingerprint density at radius 2 is 2.05 bits per heavy atom. The molecule has 3 N–H and O–H groups in total. The van der Waals surface area contributed by atoms with Crippen LogP contribution in [0.2, 0.25) is 0 Å². The van der Waals surface area contributed by atoms with E-state index in [1.165, 1.54) is 11.0 Å². The molecule has 0 bridgehead atoms. The number of carbonyl (C=O) groups is 1. The quantitative estimate of drug-likeness (QED) is 0.745. The first-order valence-electron chi connectivity index (χ1n) is 6.27. The molecule has 0 fully saturated rings. The SMILES string of the molecule is Cc1ccc(C#CCN)cc1S(=O)(=O)NCC(=O)N(C)C. The van der Waals surface area contributed by atoms with Gasteiger partial charge in [0.2, 0.25) is 15.9 Å². The summed E-state index contributed by atoms with van der Waals surface area (Å²) in [6, 6.07) is 4.87. The zero-order chi connectivity index (χ0) is 16.0. The fourth-order valence-corrected chi connectivity index (χ4v) is 2.76. The molecule has 0 aliphatic carbocycles. The van der Waals surface area contributed by atoms with E-state index in [1.807, 2.05) is 0 Å². The third-order valence-corrected chi connectivity index (χ3v) is 4.27. The lowest BCUT2D eigenvalue weighted by Crippen LogP contribution is -2.36. The monoisotopic (exact) mass is 309 g/mol. The Bertz CT molecular complexity index is 685. The predicted octanol–water partition coefficient (Wildman–Crippen LogP) is -0.328. The van der Waals surface area contributed by atoms with Crippen LogP contribution in [0, 0.1) is 18.8 Å². The molecule has 0 aliphatic rings. The second-order valence-electron chi connectivity index (χ2n) is 4.60. The molecule has 0 heterocycles. The summed E-state index contributed by atoms with van der Waals surface area (Å²) in [6.45, 7) is 1.60. The molecule has 0 saturated heterocycles. The van der Waals surface area contributed by atoms with Crippen molar-refractivity contribution in [3.8, 4) is 11.8 Å². The molecule has 114 valence electrons. The van der Waals surface area contributed by atoms with E-state index in [0.29, 0.717) is 11.1 Å². The number of likely N-dealkylation sites (N-methyl/N-ethyl adjacent to an activating group) is 1. The molecule has 1 aromatic rings. The van der Waals surface area contributed by atoms with E-state index in [1.54, 1.807) is 33.2 Å². The number of carbonyl (C=O) groups excluding carboxylic acids is 1. The first-order valence-corrected chi connectivity index (χ1v) is 7.75. The molecule has 0 saturated carbocycles. The molecule has 7 heteroatoms. The normalized spacial score (nSPS) is 10.7. The van der Waals surface area contributed by atoms with Gasteiger partial charge in [-0.25, -0.2) is 13.1 Å². The Labute approximate surface area is 125 Å². The van der Waals surface area contributed by atoms with Crippen LogP contribution >= 0.6 is 0 Å². The molecule has 1 aromatic carbocycles. The van der Waals surface area contributed by atoms with Crippen molar-refractivity contribution < 1.29 is 13.2 Å². The fourth-order valence-electron chi connectivity index (χ4n) is 1.51. The molecule has 0 atom stereocenters. The topological polar surface area (TPSA) is 92.5 Å². The Kier molecular flexibility index (Phi) is 5.90. The summed E-state index contributed by atoms with van der Waals surface area (Å²) in [6.07, 6.45) is 0. The lowest BCUT2D eigenvalue weighted by atomic mass is 10.1. The zero-order valence-electron chi connectivity index (χ0n) is 12.3. The van der Waals surface area contributed by atoms with Gasteiger partial charge in [0.1, 0.15) is 0 Å². The van der Waals surface area contributed by atoms with E-state index in [0.717, 1.165) is 0 Å². The third kappa shape index (κ3) is 4.86. The molecular weight excluding hydrogens is 290 g/mol. The summed E-state index contributed by atoms with van der Waals surface area (Å²) in [4.78, 5) is 12.9. The standard InChI is InChI=1S/C14H19N3O3S/c1-11-6-7-12(5-4-8-15)9-13(11)21(19,20)16-10-14(18)17(2)3/h6-7,9,16H,8,10,15H2,1-3H3. The van der Waals surface area contributed by atoms with Gasteiger partial charge in [0.15, 0.2) is 0 Å². The van der Waals surface area contributed by atoms with E-state index >= 15 is 0 Å². The largest absolute Gasteiger partial charge is 0.348 e. The van der Waals surface area contributed by atoms with Crippen LogP contribution in [0.25, 0.3) is 0 Å². The second kappa shape index (κ2) is 7.22. The lowest BCUT2D eigenvalue weighted by Gasteiger charge is -2.12. The van der Waals surface area contributed by atoms with Crippen molar-refractivity contribution >= 4 is 15.9 Å². The van der Waals surface area contributed by atoms with Gasteiger partial charge in [0.05, 0.1) is 18.0 Å². The highest BCUT2D eigenvalue weighted by Crippen LogP contribution is 2.16. The average Bonchev–Trinajstić information content (AvgIpc) is 2.43. The summed E-state index contributed by atoms with van der Waals surface area (Å²) >= 11 is 0. The first-order chi connectivity index (χ1) is 9.77. The smallest absolute Gasteiger partial charge is 0.241 e. The number of benzene rings is 1. The summed E-state index contributed by atoms with van der Waals surface area (Å²) in [5, 5.41) is 0. The molecule has 0 spiro atoms. The maximum atomic E-state index is 12.3. The van der Waals surface area contributed by atoms with Gasteiger partial charge < -0.3 is 10.6 Å². The minimum atomic E-state index is -3.76. The highest BCUT2D eigenvalue weighted by Gasteiger charge is 2.18. The maximum Gasteiger partial charge on any atom is 0.241 e. The first kappa shape index (κ1) is 17.2. The van der Waals surface area contributed by atoms with Crippen LogP contribution in [0.1, 0.15) is 11.1 Å². The van der Waals surface area contributed by atoms with E-state index < -0.39 is 10.0 Å². The Hall–Kier alpha value is -1.88. The predicted molar refractivity (Wildman–Crippen MR) is 81.0 cm³/mol. The molecule has 0 aromatic heterocycles. The number of rotatable bonds is 4. The minimum absolute atomic E-state index is 0.109. The highest BCUT2D eigenvalue weighted by molar-refractivity contribution is 7.89. The number of sulfonamides is 1. The molecule has 0 radical (unpaired) electrons. The molecule has 1 rings (SSSR count). The van der Waals surface area contributed by atoms with Gasteiger partial charge >= 0.3 is 0 Å². The van der Waals surface area contributed by atoms with Crippen molar-refractivity contribution in [2.75, 3.05) is 27.2 Å². The van der Waals surface area contributed by atoms with Crippen molar-refractivity contribution in [3.05, 3.63) is 29.3 Å². The fraction of sp³-hybridized carbons (Fsp3) is 0.357. The van der Waals surface area contributed by atoms with Crippen molar-refractivity contribution in [2.24, 2.45) is 5.73 Å². The Balaban J connectivity index is 3.04. The molecule has 0 unspecified atom stereocenters. The van der Waals surface area contributed by atoms with Crippen molar-refractivity contribution in [1.29, 1.82) is 0 Å². The summed E-state index contributed by atoms with van der Waals surface area (Å²) in [7, 11) is -0.643. The van der Waals surface area contributed by atoms with Crippen LogP contribution in [0.4, 0.5) is 0 Å². The number of amides is 1. The lowest BCUT2D eigenvalue weighted by molar-refractivity contribution is -0.127. The number of nitrogens with one attached hydrogen (secondary N) is 1. The van der Waals surface area contributed by atoms with Gasteiger partial charge in [-0.05, 0) is 24.6 Å². The molecule has 1 amide bonds. The van der Waals surface area contributed by atoms with Crippen LogP contribution < -0.4 is 10.5 Å². The average molecular weight is 309 g/mol. The summed E-state index contributed by atoms with van der Waals surface area (Å²) in [5.74, 6) is 5.13. The van der Waals surface area contributed by atoms with Gasteiger partial charge in [-0.3, -0.25) is 4.79 Å². The molecular formula is C14H19N3O3S. The van der Waals surface area contributed by atoms with Crippen LogP contribution in [0.5, 0.6) is 0 Å².